The molecular formula is C23H21N5O4S. The van der Waals surface area contributed by atoms with E-state index < -0.39 is 21.8 Å². The molecule has 0 bridgehead atoms. The minimum Gasteiger partial charge on any atom is -0.281 e. The number of H-pyrrole nitrogens is 1. The normalized spacial score (nSPS) is 11.3. The van der Waals surface area contributed by atoms with Crippen LogP contribution in [0.4, 0.5) is 0 Å². The van der Waals surface area contributed by atoms with Crippen LogP contribution in [-0.2, 0) is 27.8 Å². The van der Waals surface area contributed by atoms with Gasteiger partial charge in [-0.05, 0) is 29.8 Å². The largest absolute Gasteiger partial charge is 0.281 e. The summed E-state index contributed by atoms with van der Waals surface area (Å²) < 4.78 is 27.7. The fraction of sp³-hybridized carbons (Fsp3) is 0.0870. The zero-order valence-electron chi connectivity index (χ0n) is 17.4. The number of para-hydroxylation sites is 1. The van der Waals surface area contributed by atoms with Gasteiger partial charge < -0.3 is 0 Å². The molecule has 3 aromatic carbocycles. The van der Waals surface area contributed by atoms with Gasteiger partial charge >= 0.3 is 0 Å². The van der Waals surface area contributed by atoms with Crippen molar-refractivity contribution in [3.63, 3.8) is 0 Å². The maximum atomic E-state index is 12.6. The molecule has 0 aliphatic carbocycles. The van der Waals surface area contributed by atoms with Crippen molar-refractivity contribution in [2.45, 2.75) is 17.9 Å². The second kappa shape index (κ2) is 9.63. The van der Waals surface area contributed by atoms with Crippen LogP contribution in [0.25, 0.3) is 10.9 Å². The fourth-order valence-corrected chi connectivity index (χ4v) is 4.28. The lowest BCUT2D eigenvalue weighted by molar-refractivity contribution is -0.121. The summed E-state index contributed by atoms with van der Waals surface area (Å²) in [6.07, 6.45) is -0.0153. The molecule has 0 fully saturated rings. The van der Waals surface area contributed by atoms with Crippen molar-refractivity contribution in [1.29, 1.82) is 0 Å². The van der Waals surface area contributed by atoms with Crippen LogP contribution in [0.15, 0.2) is 83.8 Å². The summed E-state index contributed by atoms with van der Waals surface area (Å²) in [7, 11) is -3.83. The van der Waals surface area contributed by atoms with Crippen molar-refractivity contribution >= 4 is 32.7 Å². The van der Waals surface area contributed by atoms with Crippen LogP contribution in [0.2, 0.25) is 0 Å². The summed E-state index contributed by atoms with van der Waals surface area (Å²) >= 11 is 0. The molecule has 0 spiro atoms. The predicted octanol–water partition coefficient (Wildman–Crippen LogP) is 2.05. The van der Waals surface area contributed by atoms with Crippen LogP contribution in [0.5, 0.6) is 0 Å². The van der Waals surface area contributed by atoms with Gasteiger partial charge in [-0.1, -0.05) is 54.6 Å². The molecule has 0 aliphatic rings. The molecular weight excluding hydrogens is 442 g/mol. The van der Waals surface area contributed by atoms with Crippen LogP contribution in [0.1, 0.15) is 21.6 Å². The van der Waals surface area contributed by atoms with E-state index in [0.717, 1.165) is 16.5 Å². The number of carbonyl (C=O) groups excluding carboxylic acids is 2. The number of benzene rings is 3. The molecule has 0 atom stereocenters. The predicted molar refractivity (Wildman–Crippen MR) is 122 cm³/mol. The first-order valence-electron chi connectivity index (χ1n) is 10.1. The van der Waals surface area contributed by atoms with Gasteiger partial charge in [-0.3, -0.25) is 25.5 Å². The number of hydrazine groups is 1. The monoisotopic (exact) mass is 463 g/mol. The maximum Gasteiger partial charge on any atom is 0.269 e. The molecule has 10 heteroatoms. The summed E-state index contributed by atoms with van der Waals surface area (Å²) in [4.78, 5) is 24.7. The zero-order valence-corrected chi connectivity index (χ0v) is 18.2. The first-order valence-corrected chi connectivity index (χ1v) is 11.6. The Balaban J connectivity index is 1.36. The second-order valence-corrected chi connectivity index (χ2v) is 9.00. The molecule has 4 rings (SSSR count). The highest BCUT2D eigenvalue weighted by molar-refractivity contribution is 7.89. The second-order valence-electron chi connectivity index (χ2n) is 7.24. The molecule has 2 amide bonds. The third-order valence-corrected chi connectivity index (χ3v) is 6.31. The van der Waals surface area contributed by atoms with E-state index in [4.69, 9.17) is 0 Å². The van der Waals surface area contributed by atoms with E-state index in [-0.39, 0.29) is 23.4 Å². The first kappa shape index (κ1) is 22.2. The smallest absolute Gasteiger partial charge is 0.269 e. The third kappa shape index (κ3) is 5.43. The fourth-order valence-electron chi connectivity index (χ4n) is 3.21. The molecule has 1 aromatic heterocycles. The minimum atomic E-state index is -3.83. The van der Waals surface area contributed by atoms with E-state index in [2.05, 4.69) is 25.8 Å². The molecule has 1 heterocycles. The summed E-state index contributed by atoms with van der Waals surface area (Å²) in [6, 6.07) is 22.0. The number of amides is 2. The van der Waals surface area contributed by atoms with Crippen LogP contribution in [0, 0.1) is 0 Å². The zero-order chi connectivity index (χ0) is 23.3. The van der Waals surface area contributed by atoms with Gasteiger partial charge in [0.1, 0.15) is 0 Å². The van der Waals surface area contributed by atoms with Crippen LogP contribution in [-0.4, -0.2) is 30.4 Å². The topological polar surface area (TPSA) is 133 Å². The van der Waals surface area contributed by atoms with E-state index in [9.17, 15) is 18.0 Å². The number of aromatic nitrogens is 2. The number of aromatic amines is 1. The molecule has 0 aliphatic heterocycles. The SMILES string of the molecule is O=C(Cc1[nH]nc2ccccc12)NNC(=O)c1cccc(S(=O)(=O)NCc2ccccc2)c1. The molecule has 0 saturated carbocycles. The summed E-state index contributed by atoms with van der Waals surface area (Å²) in [5, 5.41) is 7.76. The Hall–Kier alpha value is -4.02. The van der Waals surface area contributed by atoms with Gasteiger partial charge in [-0.2, -0.15) is 5.10 Å². The van der Waals surface area contributed by atoms with Gasteiger partial charge in [0.05, 0.1) is 22.5 Å². The molecule has 0 unspecified atom stereocenters. The molecule has 33 heavy (non-hydrogen) atoms. The van der Waals surface area contributed by atoms with Crippen molar-refractivity contribution in [2.75, 3.05) is 0 Å². The van der Waals surface area contributed by atoms with Gasteiger partial charge in [-0.25, -0.2) is 13.1 Å². The van der Waals surface area contributed by atoms with Gasteiger partial charge in [-0.15, -0.1) is 0 Å². The van der Waals surface area contributed by atoms with E-state index in [0.29, 0.717) is 5.69 Å². The number of hydrogen-bond acceptors (Lipinski definition) is 5. The van der Waals surface area contributed by atoms with Gasteiger partial charge in [0.25, 0.3) is 5.91 Å². The highest BCUT2D eigenvalue weighted by Gasteiger charge is 2.17. The molecule has 4 N–H and O–H groups in total. The molecule has 4 aromatic rings. The Morgan fingerprint density at radius 3 is 2.45 bits per heavy atom. The van der Waals surface area contributed by atoms with Gasteiger partial charge in [0, 0.05) is 17.5 Å². The quantitative estimate of drug-likeness (QED) is 0.311. The standard InChI is InChI=1S/C23H21N5O4S/c29-22(14-21-19-11-4-5-12-20(19)25-26-21)27-28-23(30)17-9-6-10-18(13-17)33(31,32)24-15-16-7-2-1-3-8-16/h1-13,24H,14-15H2,(H,25,26)(H,27,29)(H,28,30). The lowest BCUT2D eigenvalue weighted by Gasteiger charge is -2.10. The summed E-state index contributed by atoms with van der Waals surface area (Å²) in [6.45, 7) is 0.123. The minimum absolute atomic E-state index is 0.0153. The number of hydrogen-bond donors (Lipinski definition) is 4. The van der Waals surface area contributed by atoms with Crippen LogP contribution in [0.3, 0.4) is 0 Å². The van der Waals surface area contributed by atoms with Crippen molar-refractivity contribution in [3.05, 3.63) is 95.7 Å². The Kier molecular flexibility index (Phi) is 6.48. The van der Waals surface area contributed by atoms with E-state index in [1.807, 2.05) is 42.5 Å². The van der Waals surface area contributed by atoms with Crippen molar-refractivity contribution < 1.29 is 18.0 Å². The average molecular weight is 464 g/mol. The van der Waals surface area contributed by atoms with Crippen molar-refractivity contribution in [1.82, 2.24) is 25.8 Å². The lowest BCUT2D eigenvalue weighted by atomic mass is 10.1. The number of nitrogens with one attached hydrogen (secondary N) is 4. The van der Waals surface area contributed by atoms with E-state index >= 15 is 0 Å². The summed E-state index contributed by atoms with van der Waals surface area (Å²) in [5.41, 5.74) is 6.90. The highest BCUT2D eigenvalue weighted by atomic mass is 32.2. The Morgan fingerprint density at radius 2 is 1.64 bits per heavy atom. The van der Waals surface area contributed by atoms with E-state index in [1.165, 1.54) is 24.3 Å². The number of nitrogens with zero attached hydrogens (tertiary/aromatic N) is 1. The molecule has 168 valence electrons. The Morgan fingerprint density at radius 1 is 0.879 bits per heavy atom. The highest BCUT2D eigenvalue weighted by Crippen LogP contribution is 2.15. The van der Waals surface area contributed by atoms with Gasteiger partial charge in [0.2, 0.25) is 15.9 Å². The molecule has 0 radical (unpaired) electrons. The number of rotatable bonds is 7. The van der Waals surface area contributed by atoms with Crippen LogP contribution < -0.4 is 15.6 Å². The number of fused-ring (bicyclic) bond motifs is 1. The van der Waals surface area contributed by atoms with E-state index in [1.54, 1.807) is 12.1 Å². The number of sulfonamides is 1. The number of carbonyl (C=O) groups is 2. The molecule has 0 saturated heterocycles. The Bertz CT molecular complexity index is 1400. The summed E-state index contributed by atoms with van der Waals surface area (Å²) in [5.74, 6) is -1.09. The van der Waals surface area contributed by atoms with Crippen LogP contribution >= 0.6 is 0 Å². The molecule has 9 nitrogen and oxygen atoms in total. The van der Waals surface area contributed by atoms with Crippen molar-refractivity contribution in [2.24, 2.45) is 0 Å². The van der Waals surface area contributed by atoms with Crippen molar-refractivity contribution in [3.8, 4) is 0 Å². The maximum absolute atomic E-state index is 12.6. The van der Waals surface area contributed by atoms with Gasteiger partial charge in [0.15, 0.2) is 0 Å². The Labute approximate surface area is 190 Å². The lowest BCUT2D eigenvalue weighted by Crippen LogP contribution is -2.42. The average Bonchev–Trinajstić information content (AvgIpc) is 3.25. The third-order valence-electron chi connectivity index (χ3n) is 4.91. The first-order chi connectivity index (χ1) is 15.9.